The van der Waals surface area contributed by atoms with Gasteiger partial charge in [-0.25, -0.2) is 4.39 Å². The van der Waals surface area contributed by atoms with Crippen LogP contribution in [0.3, 0.4) is 0 Å². The maximum atomic E-state index is 13.2. The van der Waals surface area contributed by atoms with Gasteiger partial charge in [0.15, 0.2) is 0 Å². The topological polar surface area (TPSA) is 38.0 Å². The van der Waals surface area contributed by atoms with Crippen LogP contribution < -0.4 is 11.1 Å². The Balaban J connectivity index is 2.96. The van der Waals surface area contributed by atoms with Gasteiger partial charge >= 0.3 is 0 Å². The van der Waals surface area contributed by atoms with Crippen molar-refractivity contribution < 1.29 is 4.39 Å². The molecule has 2 nitrogen and oxygen atoms in total. The fraction of sp³-hybridized carbons (Fsp3) is 0.538. The highest BCUT2D eigenvalue weighted by Crippen LogP contribution is 2.29. The number of nitrogens with one attached hydrogen (secondary N) is 1. The number of hydrogen-bond donors (Lipinski definition) is 2. The van der Waals surface area contributed by atoms with Crippen LogP contribution in [0.2, 0.25) is 5.02 Å². The van der Waals surface area contributed by atoms with Gasteiger partial charge in [-0.2, -0.15) is 0 Å². The first-order valence-corrected chi connectivity index (χ1v) is 6.38. The normalized spacial score (nSPS) is 14.4. The zero-order valence-electron chi connectivity index (χ0n) is 10.4. The molecular weight excluding hydrogens is 239 g/mol. The smallest absolute Gasteiger partial charge is 0.125 e. The summed E-state index contributed by atoms with van der Waals surface area (Å²) in [5.41, 5.74) is 6.26. The predicted octanol–water partition coefficient (Wildman–Crippen LogP) is 3.80. The van der Waals surface area contributed by atoms with E-state index in [0.29, 0.717) is 17.3 Å². The third-order valence-electron chi connectivity index (χ3n) is 3.12. The van der Waals surface area contributed by atoms with Crippen LogP contribution in [0.25, 0.3) is 0 Å². The number of benzene rings is 1. The Kier molecular flexibility index (Phi) is 5.22. The zero-order chi connectivity index (χ0) is 12.9. The molecule has 3 N–H and O–H groups in total. The molecule has 0 bridgehead atoms. The molecule has 1 unspecified atom stereocenters. The molecule has 0 amide bonds. The minimum absolute atomic E-state index is 0.202. The van der Waals surface area contributed by atoms with Crippen molar-refractivity contribution in [1.29, 1.82) is 0 Å². The SMILES string of the molecule is CCCC(CC)(CN)Nc1cc(F)ccc1Cl. The molecule has 17 heavy (non-hydrogen) atoms. The second-order valence-corrected chi connectivity index (χ2v) is 4.74. The Morgan fingerprint density at radius 3 is 2.65 bits per heavy atom. The van der Waals surface area contributed by atoms with Crippen LogP contribution in [0.1, 0.15) is 33.1 Å². The van der Waals surface area contributed by atoms with Crippen molar-refractivity contribution in [3.05, 3.63) is 29.0 Å². The summed E-state index contributed by atoms with van der Waals surface area (Å²) in [5.74, 6) is -0.296. The molecule has 0 radical (unpaired) electrons. The Morgan fingerprint density at radius 2 is 2.12 bits per heavy atom. The molecule has 1 aromatic carbocycles. The van der Waals surface area contributed by atoms with Crippen molar-refractivity contribution in [1.82, 2.24) is 0 Å². The van der Waals surface area contributed by atoms with Crippen molar-refractivity contribution >= 4 is 17.3 Å². The maximum Gasteiger partial charge on any atom is 0.125 e. The average Bonchev–Trinajstić information content (AvgIpc) is 2.33. The maximum absolute atomic E-state index is 13.2. The first-order chi connectivity index (χ1) is 8.06. The minimum atomic E-state index is -0.296. The monoisotopic (exact) mass is 258 g/mol. The summed E-state index contributed by atoms with van der Waals surface area (Å²) in [6, 6.07) is 4.32. The summed E-state index contributed by atoms with van der Waals surface area (Å²) in [5, 5.41) is 3.83. The van der Waals surface area contributed by atoms with E-state index in [4.69, 9.17) is 17.3 Å². The highest BCUT2D eigenvalue weighted by Gasteiger charge is 2.25. The van der Waals surface area contributed by atoms with E-state index in [1.807, 2.05) is 0 Å². The van der Waals surface area contributed by atoms with Crippen molar-refractivity contribution in [3.8, 4) is 0 Å². The number of rotatable bonds is 6. The molecule has 0 heterocycles. The molecule has 0 aliphatic carbocycles. The molecule has 1 atom stereocenters. The Morgan fingerprint density at radius 1 is 1.41 bits per heavy atom. The van der Waals surface area contributed by atoms with Gasteiger partial charge in [-0.3, -0.25) is 0 Å². The van der Waals surface area contributed by atoms with Crippen LogP contribution in [0.15, 0.2) is 18.2 Å². The van der Waals surface area contributed by atoms with Crippen LogP contribution >= 0.6 is 11.6 Å². The molecule has 0 aliphatic rings. The number of nitrogens with two attached hydrogens (primary N) is 1. The van der Waals surface area contributed by atoms with E-state index in [1.54, 1.807) is 6.07 Å². The molecule has 0 aromatic heterocycles. The summed E-state index contributed by atoms with van der Waals surface area (Å²) in [6.45, 7) is 4.68. The minimum Gasteiger partial charge on any atom is -0.377 e. The van der Waals surface area contributed by atoms with Gasteiger partial charge in [0.1, 0.15) is 5.82 Å². The van der Waals surface area contributed by atoms with Gasteiger partial charge in [-0.1, -0.05) is 31.9 Å². The lowest BCUT2D eigenvalue weighted by Gasteiger charge is -2.34. The Labute approximate surface area is 107 Å². The van der Waals surface area contributed by atoms with E-state index in [2.05, 4.69) is 19.2 Å². The molecule has 0 fully saturated rings. The zero-order valence-corrected chi connectivity index (χ0v) is 11.1. The van der Waals surface area contributed by atoms with E-state index >= 15 is 0 Å². The first-order valence-electron chi connectivity index (χ1n) is 6.00. The fourth-order valence-corrected chi connectivity index (χ4v) is 2.15. The molecule has 0 saturated carbocycles. The number of hydrogen-bond acceptors (Lipinski definition) is 2. The number of anilines is 1. The van der Waals surface area contributed by atoms with E-state index < -0.39 is 0 Å². The highest BCUT2D eigenvalue weighted by molar-refractivity contribution is 6.33. The third-order valence-corrected chi connectivity index (χ3v) is 3.45. The Bertz CT molecular complexity index is 364. The molecular formula is C13H20ClFN2. The van der Waals surface area contributed by atoms with Crippen LogP contribution in [-0.4, -0.2) is 12.1 Å². The second-order valence-electron chi connectivity index (χ2n) is 4.34. The lowest BCUT2D eigenvalue weighted by molar-refractivity contribution is 0.421. The number of halogens is 2. The molecule has 96 valence electrons. The Hall–Kier alpha value is -0.800. The summed E-state index contributed by atoms with van der Waals surface area (Å²) in [6.07, 6.45) is 2.84. The van der Waals surface area contributed by atoms with Gasteiger partial charge in [0.25, 0.3) is 0 Å². The largest absolute Gasteiger partial charge is 0.377 e. The molecule has 0 aliphatic heterocycles. The van der Waals surface area contributed by atoms with E-state index in [9.17, 15) is 4.39 Å². The third kappa shape index (κ3) is 3.58. The van der Waals surface area contributed by atoms with Gasteiger partial charge in [-0.05, 0) is 31.0 Å². The van der Waals surface area contributed by atoms with Gasteiger partial charge in [0.05, 0.1) is 10.7 Å². The van der Waals surface area contributed by atoms with E-state index in [0.717, 1.165) is 19.3 Å². The van der Waals surface area contributed by atoms with Crippen molar-refractivity contribution in [3.63, 3.8) is 0 Å². The van der Waals surface area contributed by atoms with Crippen LogP contribution in [0.5, 0.6) is 0 Å². The summed E-state index contributed by atoms with van der Waals surface area (Å²) >= 11 is 6.05. The fourth-order valence-electron chi connectivity index (χ4n) is 1.98. The predicted molar refractivity (Wildman–Crippen MR) is 72.0 cm³/mol. The van der Waals surface area contributed by atoms with Crippen LogP contribution in [0.4, 0.5) is 10.1 Å². The van der Waals surface area contributed by atoms with Gasteiger partial charge in [-0.15, -0.1) is 0 Å². The standard InChI is InChI=1S/C13H20ClFN2/c1-3-7-13(4-2,9-16)17-12-8-10(15)5-6-11(12)14/h5-6,8,17H,3-4,7,9,16H2,1-2H3. The first kappa shape index (κ1) is 14.3. The lowest BCUT2D eigenvalue weighted by atomic mass is 9.90. The van der Waals surface area contributed by atoms with Crippen molar-refractivity contribution in [2.45, 2.75) is 38.6 Å². The molecule has 0 saturated heterocycles. The summed E-state index contributed by atoms with van der Waals surface area (Å²) < 4.78 is 13.2. The molecule has 1 aromatic rings. The van der Waals surface area contributed by atoms with E-state index in [1.165, 1.54) is 12.1 Å². The second kappa shape index (κ2) is 6.22. The average molecular weight is 259 g/mol. The van der Waals surface area contributed by atoms with E-state index in [-0.39, 0.29) is 11.4 Å². The van der Waals surface area contributed by atoms with Crippen molar-refractivity contribution in [2.24, 2.45) is 5.73 Å². The molecule has 1 rings (SSSR count). The summed E-state index contributed by atoms with van der Waals surface area (Å²) in [4.78, 5) is 0. The molecule has 4 heteroatoms. The van der Waals surface area contributed by atoms with Crippen LogP contribution in [0, 0.1) is 5.82 Å². The van der Waals surface area contributed by atoms with Crippen LogP contribution in [-0.2, 0) is 0 Å². The highest BCUT2D eigenvalue weighted by atomic mass is 35.5. The van der Waals surface area contributed by atoms with Gasteiger partial charge in [0, 0.05) is 12.1 Å². The molecule has 0 spiro atoms. The van der Waals surface area contributed by atoms with Crippen molar-refractivity contribution in [2.75, 3.05) is 11.9 Å². The summed E-state index contributed by atoms with van der Waals surface area (Å²) in [7, 11) is 0. The van der Waals surface area contributed by atoms with Gasteiger partial charge in [0.2, 0.25) is 0 Å². The van der Waals surface area contributed by atoms with Gasteiger partial charge < -0.3 is 11.1 Å². The quantitative estimate of drug-likeness (QED) is 0.815. The lowest BCUT2D eigenvalue weighted by Crippen LogP contribution is -2.45.